The van der Waals surface area contributed by atoms with Crippen LogP contribution in [0.15, 0.2) is 47.4 Å². The molecule has 0 unspecified atom stereocenters. The maximum absolute atomic E-state index is 12.1. The van der Waals surface area contributed by atoms with Crippen molar-refractivity contribution in [2.45, 2.75) is 25.2 Å². The van der Waals surface area contributed by atoms with E-state index < -0.39 is 14.9 Å². The second-order valence-electron chi connectivity index (χ2n) is 5.71. The molecule has 0 atom stereocenters. The highest BCUT2D eigenvalue weighted by molar-refractivity contribution is 7.89. The van der Waals surface area contributed by atoms with Gasteiger partial charge in [0.1, 0.15) is 0 Å². The molecular formula is C17H19N3O5S. The van der Waals surface area contributed by atoms with Crippen LogP contribution in [-0.4, -0.2) is 25.8 Å². The molecule has 138 valence electrons. The van der Waals surface area contributed by atoms with Crippen molar-refractivity contribution < 1.29 is 18.1 Å². The summed E-state index contributed by atoms with van der Waals surface area (Å²) >= 11 is 0. The summed E-state index contributed by atoms with van der Waals surface area (Å²) < 4.78 is 26.6. The first kappa shape index (κ1) is 19.5. The molecule has 0 aliphatic rings. The quantitative estimate of drug-likeness (QED) is 0.568. The lowest BCUT2D eigenvalue weighted by Crippen LogP contribution is -2.28. The second kappa shape index (κ2) is 8.07. The Labute approximate surface area is 151 Å². The van der Waals surface area contributed by atoms with E-state index in [-0.39, 0.29) is 29.5 Å². The van der Waals surface area contributed by atoms with Crippen molar-refractivity contribution in [3.8, 4) is 0 Å². The summed E-state index contributed by atoms with van der Waals surface area (Å²) in [6.45, 7) is 3.66. The van der Waals surface area contributed by atoms with Gasteiger partial charge in [-0.2, -0.15) is 0 Å². The molecule has 2 rings (SSSR count). The Morgan fingerprint density at radius 2 is 1.65 bits per heavy atom. The van der Waals surface area contributed by atoms with Crippen molar-refractivity contribution in [1.29, 1.82) is 0 Å². The molecule has 0 bridgehead atoms. The number of carbonyl (C=O) groups is 1. The molecule has 2 N–H and O–H groups in total. The fourth-order valence-electron chi connectivity index (χ4n) is 2.34. The van der Waals surface area contributed by atoms with E-state index in [4.69, 9.17) is 0 Å². The van der Waals surface area contributed by atoms with Gasteiger partial charge < -0.3 is 5.32 Å². The average Bonchev–Trinajstić information content (AvgIpc) is 2.58. The zero-order valence-corrected chi connectivity index (χ0v) is 15.2. The summed E-state index contributed by atoms with van der Waals surface area (Å²) in [4.78, 5) is 21.9. The van der Waals surface area contributed by atoms with Crippen LogP contribution in [0.25, 0.3) is 0 Å². The molecule has 2 aromatic rings. The summed E-state index contributed by atoms with van der Waals surface area (Å²) in [5.41, 5.74) is 2.36. The minimum atomic E-state index is -3.84. The van der Waals surface area contributed by atoms with E-state index in [9.17, 15) is 23.3 Å². The number of nitrogens with one attached hydrogen (secondary N) is 2. The monoisotopic (exact) mass is 377 g/mol. The van der Waals surface area contributed by atoms with Crippen LogP contribution in [-0.2, 0) is 14.8 Å². The molecule has 0 aromatic heterocycles. The van der Waals surface area contributed by atoms with E-state index in [2.05, 4.69) is 10.0 Å². The van der Waals surface area contributed by atoms with Gasteiger partial charge in [0, 0.05) is 30.8 Å². The van der Waals surface area contributed by atoms with E-state index in [0.29, 0.717) is 0 Å². The minimum Gasteiger partial charge on any atom is -0.326 e. The van der Waals surface area contributed by atoms with Gasteiger partial charge in [0.2, 0.25) is 15.9 Å². The molecule has 0 aliphatic carbocycles. The van der Waals surface area contributed by atoms with Crippen molar-refractivity contribution in [3.63, 3.8) is 0 Å². The van der Waals surface area contributed by atoms with Crippen LogP contribution >= 0.6 is 0 Å². The minimum absolute atomic E-state index is 0.0417. The molecule has 8 nitrogen and oxygen atoms in total. The summed E-state index contributed by atoms with van der Waals surface area (Å²) in [7, 11) is -3.84. The molecule has 9 heteroatoms. The molecule has 0 saturated carbocycles. The molecule has 0 saturated heterocycles. The Kier molecular flexibility index (Phi) is 6.06. The fraction of sp³-hybridized carbons (Fsp3) is 0.235. The first-order chi connectivity index (χ1) is 12.2. The SMILES string of the molecule is Cc1cccc(C)c1NC(=O)CCNS(=O)(=O)c1ccc([N+](=O)[O-])cc1. The number of hydrogen-bond acceptors (Lipinski definition) is 5. The van der Waals surface area contributed by atoms with Crippen LogP contribution in [0.5, 0.6) is 0 Å². The van der Waals surface area contributed by atoms with Crippen LogP contribution in [0, 0.1) is 24.0 Å². The molecule has 2 aromatic carbocycles. The summed E-state index contributed by atoms with van der Waals surface area (Å²) in [5.74, 6) is -0.311. The van der Waals surface area contributed by atoms with Gasteiger partial charge in [-0.05, 0) is 37.1 Å². The van der Waals surface area contributed by atoms with Crippen LogP contribution in [0.3, 0.4) is 0 Å². The van der Waals surface area contributed by atoms with Crippen molar-refractivity contribution in [1.82, 2.24) is 4.72 Å². The molecule has 26 heavy (non-hydrogen) atoms. The number of rotatable bonds is 7. The number of non-ortho nitro benzene ring substituents is 1. The second-order valence-corrected chi connectivity index (χ2v) is 7.48. The third kappa shape index (κ3) is 4.87. The molecule has 0 aliphatic heterocycles. The number of sulfonamides is 1. The zero-order chi connectivity index (χ0) is 19.3. The first-order valence-electron chi connectivity index (χ1n) is 7.81. The molecule has 0 radical (unpaired) electrons. The third-order valence-corrected chi connectivity index (χ3v) is 5.22. The Bertz CT molecular complexity index is 904. The predicted molar refractivity (Wildman–Crippen MR) is 97.4 cm³/mol. The zero-order valence-electron chi connectivity index (χ0n) is 14.4. The van der Waals surface area contributed by atoms with Gasteiger partial charge in [-0.3, -0.25) is 14.9 Å². The lowest BCUT2D eigenvalue weighted by molar-refractivity contribution is -0.384. The highest BCUT2D eigenvalue weighted by Crippen LogP contribution is 2.19. The molecule has 0 spiro atoms. The number of nitro groups is 1. The standard InChI is InChI=1S/C17H19N3O5S/c1-12-4-3-5-13(2)17(12)19-16(21)10-11-18-26(24,25)15-8-6-14(7-9-15)20(22)23/h3-9,18H,10-11H2,1-2H3,(H,19,21). The highest BCUT2D eigenvalue weighted by atomic mass is 32.2. The number of anilines is 1. The maximum Gasteiger partial charge on any atom is 0.269 e. The summed E-state index contributed by atoms with van der Waals surface area (Å²) in [6.07, 6.45) is -0.0417. The smallest absolute Gasteiger partial charge is 0.269 e. The number of nitrogens with zero attached hydrogens (tertiary/aromatic N) is 1. The highest BCUT2D eigenvalue weighted by Gasteiger charge is 2.16. The summed E-state index contributed by atoms with van der Waals surface area (Å²) in [6, 6.07) is 10.2. The van der Waals surface area contributed by atoms with Crippen molar-refractivity contribution in [2.75, 3.05) is 11.9 Å². The molecule has 0 heterocycles. The largest absolute Gasteiger partial charge is 0.326 e. The number of benzene rings is 2. The van der Waals surface area contributed by atoms with Crippen LogP contribution in [0.1, 0.15) is 17.5 Å². The van der Waals surface area contributed by atoms with Crippen LogP contribution in [0.2, 0.25) is 0 Å². The van der Waals surface area contributed by atoms with E-state index >= 15 is 0 Å². The van der Waals surface area contributed by atoms with E-state index in [0.717, 1.165) is 41.1 Å². The Balaban J connectivity index is 1.93. The summed E-state index contributed by atoms with van der Waals surface area (Å²) in [5, 5.41) is 13.4. The van der Waals surface area contributed by atoms with Crippen LogP contribution in [0.4, 0.5) is 11.4 Å². The molecular weight excluding hydrogens is 358 g/mol. The van der Waals surface area contributed by atoms with Gasteiger partial charge >= 0.3 is 0 Å². The lowest BCUT2D eigenvalue weighted by atomic mass is 10.1. The Hall–Kier alpha value is -2.78. The predicted octanol–water partition coefficient (Wildman–Crippen LogP) is 2.52. The van der Waals surface area contributed by atoms with E-state index in [1.54, 1.807) is 0 Å². The number of carbonyl (C=O) groups excluding carboxylic acids is 1. The number of amides is 1. The number of para-hydroxylation sites is 1. The number of nitro benzene ring substituents is 1. The number of hydrogen-bond donors (Lipinski definition) is 2. The van der Waals surface area contributed by atoms with E-state index in [1.807, 2.05) is 32.0 Å². The normalized spacial score (nSPS) is 11.2. The fourth-order valence-corrected chi connectivity index (χ4v) is 3.37. The van der Waals surface area contributed by atoms with Gasteiger partial charge in [-0.25, -0.2) is 13.1 Å². The third-order valence-electron chi connectivity index (χ3n) is 3.75. The van der Waals surface area contributed by atoms with Crippen LogP contribution < -0.4 is 10.0 Å². The van der Waals surface area contributed by atoms with Gasteiger partial charge in [0.15, 0.2) is 0 Å². The van der Waals surface area contributed by atoms with Gasteiger partial charge in [-0.15, -0.1) is 0 Å². The van der Waals surface area contributed by atoms with Gasteiger partial charge in [-0.1, -0.05) is 18.2 Å². The topological polar surface area (TPSA) is 118 Å². The molecule has 1 amide bonds. The first-order valence-corrected chi connectivity index (χ1v) is 9.29. The number of aryl methyl sites for hydroxylation is 2. The van der Waals surface area contributed by atoms with Crippen molar-refractivity contribution in [2.24, 2.45) is 0 Å². The molecule has 0 fully saturated rings. The van der Waals surface area contributed by atoms with Gasteiger partial charge in [0.25, 0.3) is 5.69 Å². The average molecular weight is 377 g/mol. The Morgan fingerprint density at radius 3 is 2.19 bits per heavy atom. The lowest BCUT2D eigenvalue weighted by Gasteiger charge is -2.12. The van der Waals surface area contributed by atoms with Crippen molar-refractivity contribution >= 4 is 27.3 Å². The van der Waals surface area contributed by atoms with Gasteiger partial charge in [0.05, 0.1) is 9.82 Å². The van der Waals surface area contributed by atoms with E-state index in [1.165, 1.54) is 0 Å². The maximum atomic E-state index is 12.1. The Morgan fingerprint density at radius 1 is 1.08 bits per heavy atom. The van der Waals surface area contributed by atoms with Crippen molar-refractivity contribution in [3.05, 3.63) is 63.7 Å².